The van der Waals surface area contributed by atoms with E-state index in [-0.39, 0.29) is 5.78 Å². The molecule has 0 saturated carbocycles. The highest BCUT2D eigenvalue weighted by atomic mass is 16.5. The third-order valence-electron chi connectivity index (χ3n) is 3.45. The molecule has 0 fully saturated rings. The van der Waals surface area contributed by atoms with Gasteiger partial charge in [-0.2, -0.15) is 0 Å². The van der Waals surface area contributed by atoms with Crippen molar-refractivity contribution in [3.8, 4) is 5.75 Å². The van der Waals surface area contributed by atoms with E-state index in [1.54, 1.807) is 14.0 Å². The van der Waals surface area contributed by atoms with Gasteiger partial charge in [0.1, 0.15) is 5.75 Å². The molecule has 0 N–H and O–H groups in total. The summed E-state index contributed by atoms with van der Waals surface area (Å²) < 4.78 is 5.15. The number of rotatable bonds is 6. The number of carbonyl (C=O) groups excluding carboxylic acids is 1. The lowest BCUT2D eigenvalue weighted by Gasteiger charge is -2.05. The van der Waals surface area contributed by atoms with Crippen LogP contribution in [-0.2, 0) is 12.8 Å². The molecule has 0 spiro atoms. The van der Waals surface area contributed by atoms with Gasteiger partial charge in [-0.05, 0) is 49.4 Å². The van der Waals surface area contributed by atoms with E-state index in [1.165, 1.54) is 11.1 Å². The molecule has 0 unspecified atom stereocenters. The maximum absolute atomic E-state index is 11.2. The number of aryl methyl sites for hydroxylation is 2. The SMILES string of the molecule is COc1ccc(CCCc2ccc(C(C)=O)cc2)cc1. The number of methoxy groups -OCH3 is 1. The summed E-state index contributed by atoms with van der Waals surface area (Å²) in [5, 5.41) is 0. The van der Waals surface area contributed by atoms with E-state index in [2.05, 4.69) is 12.1 Å². The molecule has 104 valence electrons. The second-order valence-corrected chi connectivity index (χ2v) is 4.95. The minimum Gasteiger partial charge on any atom is -0.497 e. The van der Waals surface area contributed by atoms with Crippen LogP contribution in [0.3, 0.4) is 0 Å². The van der Waals surface area contributed by atoms with Crippen molar-refractivity contribution in [3.63, 3.8) is 0 Å². The Kier molecular flexibility index (Phi) is 4.94. The summed E-state index contributed by atoms with van der Waals surface area (Å²) in [6, 6.07) is 16.1. The Hall–Kier alpha value is -2.09. The number of Topliss-reactive ketones (excluding diaryl/α,β-unsaturated/α-hetero) is 1. The fraction of sp³-hybridized carbons (Fsp3) is 0.278. The van der Waals surface area contributed by atoms with Crippen LogP contribution in [0.2, 0.25) is 0 Å². The summed E-state index contributed by atoms with van der Waals surface area (Å²) in [4.78, 5) is 11.2. The molecule has 2 aromatic carbocycles. The Bertz CT molecular complexity index is 553. The normalized spacial score (nSPS) is 10.3. The summed E-state index contributed by atoms with van der Waals surface area (Å²) in [6.07, 6.45) is 3.19. The molecule has 2 heteroatoms. The van der Waals surface area contributed by atoms with E-state index >= 15 is 0 Å². The highest BCUT2D eigenvalue weighted by molar-refractivity contribution is 5.93. The van der Waals surface area contributed by atoms with Crippen molar-refractivity contribution in [3.05, 3.63) is 65.2 Å². The number of hydrogen-bond donors (Lipinski definition) is 0. The summed E-state index contributed by atoms with van der Waals surface area (Å²) in [7, 11) is 1.68. The van der Waals surface area contributed by atoms with E-state index < -0.39 is 0 Å². The molecule has 0 aromatic heterocycles. The molecule has 0 atom stereocenters. The average molecular weight is 268 g/mol. The average Bonchev–Trinajstić information content (AvgIpc) is 2.48. The molecule has 0 amide bonds. The lowest BCUT2D eigenvalue weighted by atomic mass is 10.0. The predicted molar refractivity (Wildman–Crippen MR) is 81.5 cm³/mol. The molecule has 0 saturated heterocycles. The maximum atomic E-state index is 11.2. The third kappa shape index (κ3) is 3.95. The van der Waals surface area contributed by atoms with Gasteiger partial charge in [0.05, 0.1) is 7.11 Å². The molecule has 2 aromatic rings. The van der Waals surface area contributed by atoms with Gasteiger partial charge < -0.3 is 4.74 Å². The summed E-state index contributed by atoms with van der Waals surface area (Å²) >= 11 is 0. The number of carbonyl (C=O) groups is 1. The van der Waals surface area contributed by atoms with E-state index in [1.807, 2.05) is 36.4 Å². The van der Waals surface area contributed by atoms with Crippen molar-refractivity contribution in [1.82, 2.24) is 0 Å². The van der Waals surface area contributed by atoms with Crippen molar-refractivity contribution in [1.29, 1.82) is 0 Å². The van der Waals surface area contributed by atoms with E-state index in [4.69, 9.17) is 4.74 Å². The largest absolute Gasteiger partial charge is 0.497 e. The lowest BCUT2D eigenvalue weighted by Crippen LogP contribution is -1.94. The van der Waals surface area contributed by atoms with Crippen molar-refractivity contribution in [2.45, 2.75) is 26.2 Å². The van der Waals surface area contributed by atoms with Gasteiger partial charge in [-0.25, -0.2) is 0 Å². The highest BCUT2D eigenvalue weighted by Crippen LogP contribution is 2.14. The van der Waals surface area contributed by atoms with Crippen LogP contribution in [0.4, 0.5) is 0 Å². The summed E-state index contributed by atoms with van der Waals surface area (Å²) in [5.41, 5.74) is 3.39. The molecule has 0 aliphatic rings. The van der Waals surface area contributed by atoms with Crippen LogP contribution in [0.15, 0.2) is 48.5 Å². The molecule has 2 nitrogen and oxygen atoms in total. The summed E-state index contributed by atoms with van der Waals surface area (Å²) in [5.74, 6) is 1.02. The van der Waals surface area contributed by atoms with Gasteiger partial charge in [0.2, 0.25) is 0 Å². The Morgan fingerprint density at radius 1 is 0.900 bits per heavy atom. The van der Waals surface area contributed by atoms with Crippen LogP contribution in [-0.4, -0.2) is 12.9 Å². The number of ether oxygens (including phenoxy) is 1. The van der Waals surface area contributed by atoms with Crippen LogP contribution >= 0.6 is 0 Å². The van der Waals surface area contributed by atoms with Crippen molar-refractivity contribution < 1.29 is 9.53 Å². The first kappa shape index (κ1) is 14.3. The van der Waals surface area contributed by atoms with E-state index in [0.717, 1.165) is 30.6 Å². The first-order valence-corrected chi connectivity index (χ1v) is 6.92. The van der Waals surface area contributed by atoms with Gasteiger partial charge in [0.15, 0.2) is 5.78 Å². The van der Waals surface area contributed by atoms with Gasteiger partial charge in [-0.15, -0.1) is 0 Å². The quantitative estimate of drug-likeness (QED) is 0.738. The topological polar surface area (TPSA) is 26.3 Å². The number of benzene rings is 2. The molecule has 0 radical (unpaired) electrons. The second-order valence-electron chi connectivity index (χ2n) is 4.95. The number of ketones is 1. The fourth-order valence-electron chi connectivity index (χ4n) is 2.19. The minimum absolute atomic E-state index is 0.120. The third-order valence-corrected chi connectivity index (χ3v) is 3.45. The molecule has 2 rings (SSSR count). The fourth-order valence-corrected chi connectivity index (χ4v) is 2.19. The van der Waals surface area contributed by atoms with Crippen LogP contribution in [0.1, 0.15) is 34.8 Å². The predicted octanol–water partition coefficient (Wildman–Crippen LogP) is 4.07. The Morgan fingerprint density at radius 3 is 1.85 bits per heavy atom. The standard InChI is InChI=1S/C18H20O2/c1-14(19)17-10-6-15(7-11-17)4-3-5-16-8-12-18(20-2)13-9-16/h6-13H,3-5H2,1-2H3. The maximum Gasteiger partial charge on any atom is 0.159 e. The molecule has 0 bridgehead atoms. The van der Waals surface area contributed by atoms with Crippen LogP contribution in [0.5, 0.6) is 5.75 Å². The zero-order chi connectivity index (χ0) is 14.4. The van der Waals surface area contributed by atoms with E-state index in [9.17, 15) is 4.79 Å². The summed E-state index contributed by atoms with van der Waals surface area (Å²) in [6.45, 7) is 1.60. The molecule has 0 aliphatic heterocycles. The second kappa shape index (κ2) is 6.90. The highest BCUT2D eigenvalue weighted by Gasteiger charge is 2.00. The van der Waals surface area contributed by atoms with Gasteiger partial charge in [0, 0.05) is 5.56 Å². The first-order valence-electron chi connectivity index (χ1n) is 6.92. The molecule has 0 aliphatic carbocycles. The van der Waals surface area contributed by atoms with E-state index in [0.29, 0.717) is 0 Å². The first-order chi connectivity index (χ1) is 9.69. The van der Waals surface area contributed by atoms with Crippen LogP contribution in [0.25, 0.3) is 0 Å². The smallest absolute Gasteiger partial charge is 0.159 e. The minimum atomic E-state index is 0.120. The number of hydrogen-bond acceptors (Lipinski definition) is 2. The van der Waals surface area contributed by atoms with Gasteiger partial charge in [0.25, 0.3) is 0 Å². The Balaban J connectivity index is 1.84. The van der Waals surface area contributed by atoms with Gasteiger partial charge in [-0.1, -0.05) is 36.4 Å². The lowest BCUT2D eigenvalue weighted by molar-refractivity contribution is 0.101. The zero-order valence-corrected chi connectivity index (χ0v) is 12.1. The van der Waals surface area contributed by atoms with Crippen molar-refractivity contribution in [2.75, 3.05) is 7.11 Å². The van der Waals surface area contributed by atoms with Crippen molar-refractivity contribution >= 4 is 5.78 Å². The van der Waals surface area contributed by atoms with Crippen LogP contribution < -0.4 is 4.74 Å². The zero-order valence-electron chi connectivity index (χ0n) is 12.1. The van der Waals surface area contributed by atoms with Gasteiger partial charge >= 0.3 is 0 Å². The molecular formula is C18H20O2. The molecule has 0 heterocycles. The monoisotopic (exact) mass is 268 g/mol. The van der Waals surface area contributed by atoms with Crippen LogP contribution in [0, 0.1) is 0 Å². The Morgan fingerprint density at radius 2 is 1.40 bits per heavy atom. The van der Waals surface area contributed by atoms with Crippen molar-refractivity contribution in [2.24, 2.45) is 0 Å². The molecule has 20 heavy (non-hydrogen) atoms. The molecular weight excluding hydrogens is 248 g/mol. The van der Waals surface area contributed by atoms with Gasteiger partial charge in [-0.3, -0.25) is 4.79 Å². The Labute approximate surface area is 120 Å².